The van der Waals surface area contributed by atoms with Gasteiger partial charge in [0.1, 0.15) is 18.1 Å². The molecule has 0 aromatic heterocycles. The van der Waals surface area contributed by atoms with Crippen molar-refractivity contribution >= 4 is 38.1 Å². The van der Waals surface area contributed by atoms with Crippen LogP contribution in [0.4, 0.5) is 0 Å². The summed E-state index contributed by atoms with van der Waals surface area (Å²) >= 11 is 6.84. The molecule has 5 heteroatoms. The lowest BCUT2D eigenvalue weighted by Crippen LogP contribution is -2.26. The lowest BCUT2D eigenvalue weighted by atomic mass is 10.1. The van der Waals surface area contributed by atoms with E-state index in [0.717, 1.165) is 47.0 Å². The third-order valence-corrected chi connectivity index (χ3v) is 3.79. The second kappa shape index (κ2) is 5.98. The van der Waals surface area contributed by atoms with Gasteiger partial charge in [-0.05, 0) is 44.0 Å². The molecule has 1 heterocycles. The summed E-state index contributed by atoms with van der Waals surface area (Å²) in [6.45, 7) is 1.48. The lowest BCUT2D eigenvalue weighted by Gasteiger charge is -2.24. The Morgan fingerprint density at radius 1 is 1.24 bits per heavy atom. The molecule has 1 fully saturated rings. The molecule has 0 spiro atoms. The topological polar surface area (TPSA) is 35.5 Å². The maximum atomic E-state index is 10.7. The van der Waals surface area contributed by atoms with Crippen molar-refractivity contribution in [3.8, 4) is 5.75 Å². The minimum atomic E-state index is 0.179. The molecule has 1 aliphatic heterocycles. The Morgan fingerprint density at radius 2 is 1.82 bits per heavy atom. The standard InChI is InChI=1S/C12H12Br2O3/c13-10-5-8(7-15)6-11(14)12(10)17-9-1-3-16-4-2-9/h5-7,9H,1-4H2. The van der Waals surface area contributed by atoms with Crippen LogP contribution in [0, 0.1) is 0 Å². The molecule has 0 N–H and O–H groups in total. The number of carbonyl (C=O) groups excluding carboxylic acids is 1. The van der Waals surface area contributed by atoms with E-state index in [2.05, 4.69) is 31.9 Å². The average Bonchev–Trinajstić information content (AvgIpc) is 2.35. The van der Waals surface area contributed by atoms with Crippen molar-refractivity contribution in [3.05, 3.63) is 26.6 Å². The number of halogens is 2. The van der Waals surface area contributed by atoms with E-state index in [4.69, 9.17) is 9.47 Å². The van der Waals surface area contributed by atoms with Gasteiger partial charge in [-0.1, -0.05) is 0 Å². The van der Waals surface area contributed by atoms with Crippen LogP contribution in [0.25, 0.3) is 0 Å². The van der Waals surface area contributed by atoms with Gasteiger partial charge in [-0.15, -0.1) is 0 Å². The molecule has 1 aliphatic rings. The highest BCUT2D eigenvalue weighted by Gasteiger charge is 2.18. The number of hydrogen-bond donors (Lipinski definition) is 0. The van der Waals surface area contributed by atoms with E-state index >= 15 is 0 Å². The summed E-state index contributed by atoms with van der Waals surface area (Å²) < 4.78 is 12.8. The normalized spacial score (nSPS) is 16.8. The molecule has 0 unspecified atom stereocenters. The molecule has 92 valence electrons. The van der Waals surface area contributed by atoms with Crippen LogP contribution in [0.5, 0.6) is 5.75 Å². The third-order valence-electron chi connectivity index (χ3n) is 2.61. The van der Waals surface area contributed by atoms with Crippen molar-refractivity contribution in [3.63, 3.8) is 0 Å². The summed E-state index contributed by atoms with van der Waals surface area (Å²) in [4.78, 5) is 10.7. The SMILES string of the molecule is O=Cc1cc(Br)c(OC2CCOCC2)c(Br)c1. The predicted molar refractivity (Wildman–Crippen MR) is 71.7 cm³/mol. The summed E-state index contributed by atoms with van der Waals surface area (Å²) in [6, 6.07) is 3.51. The van der Waals surface area contributed by atoms with E-state index in [-0.39, 0.29) is 6.10 Å². The summed E-state index contributed by atoms with van der Waals surface area (Å²) in [5, 5.41) is 0. The van der Waals surface area contributed by atoms with Gasteiger partial charge in [0, 0.05) is 18.4 Å². The summed E-state index contributed by atoms with van der Waals surface area (Å²) in [7, 11) is 0. The van der Waals surface area contributed by atoms with Gasteiger partial charge in [0.25, 0.3) is 0 Å². The fourth-order valence-electron chi connectivity index (χ4n) is 1.72. The first-order valence-corrected chi connectivity index (χ1v) is 6.98. The number of ether oxygens (including phenoxy) is 2. The smallest absolute Gasteiger partial charge is 0.150 e. The van der Waals surface area contributed by atoms with Crippen LogP contribution >= 0.6 is 31.9 Å². The van der Waals surface area contributed by atoms with Crippen molar-refractivity contribution < 1.29 is 14.3 Å². The van der Waals surface area contributed by atoms with E-state index < -0.39 is 0 Å². The molecule has 0 saturated carbocycles. The van der Waals surface area contributed by atoms with Gasteiger partial charge >= 0.3 is 0 Å². The minimum Gasteiger partial charge on any atom is -0.488 e. The molecule has 0 amide bonds. The van der Waals surface area contributed by atoms with Crippen LogP contribution in [0.1, 0.15) is 23.2 Å². The van der Waals surface area contributed by atoms with Crippen LogP contribution in [0.2, 0.25) is 0 Å². The molecule has 1 saturated heterocycles. The molecular formula is C12H12Br2O3. The van der Waals surface area contributed by atoms with E-state index in [0.29, 0.717) is 5.56 Å². The third kappa shape index (κ3) is 3.30. The summed E-state index contributed by atoms with van der Waals surface area (Å²) in [5.41, 5.74) is 0.614. The first-order valence-electron chi connectivity index (χ1n) is 5.39. The zero-order valence-electron chi connectivity index (χ0n) is 9.12. The molecule has 0 atom stereocenters. The van der Waals surface area contributed by atoms with Crippen LogP contribution in [-0.2, 0) is 4.74 Å². The number of aldehydes is 1. The summed E-state index contributed by atoms with van der Waals surface area (Å²) in [5.74, 6) is 0.752. The van der Waals surface area contributed by atoms with Gasteiger partial charge in [-0.25, -0.2) is 0 Å². The highest BCUT2D eigenvalue weighted by atomic mass is 79.9. The molecule has 2 rings (SSSR count). The zero-order chi connectivity index (χ0) is 12.3. The number of benzene rings is 1. The predicted octanol–water partition coefficient (Wildman–Crippen LogP) is 3.58. The quantitative estimate of drug-likeness (QED) is 0.770. The fourth-order valence-corrected chi connectivity index (χ4v) is 3.13. The Labute approximate surface area is 117 Å². The van der Waals surface area contributed by atoms with E-state index in [1.165, 1.54) is 0 Å². The highest BCUT2D eigenvalue weighted by Crippen LogP contribution is 2.36. The van der Waals surface area contributed by atoms with Gasteiger partial charge in [-0.2, -0.15) is 0 Å². The summed E-state index contributed by atoms with van der Waals surface area (Å²) in [6.07, 6.45) is 2.79. The van der Waals surface area contributed by atoms with Gasteiger partial charge < -0.3 is 9.47 Å². The lowest BCUT2D eigenvalue weighted by molar-refractivity contribution is 0.0249. The minimum absolute atomic E-state index is 0.179. The Balaban J connectivity index is 2.17. The van der Waals surface area contributed by atoms with Gasteiger partial charge in [0.05, 0.1) is 22.2 Å². The maximum Gasteiger partial charge on any atom is 0.150 e. The monoisotopic (exact) mass is 362 g/mol. The number of hydrogen-bond acceptors (Lipinski definition) is 3. The molecule has 0 bridgehead atoms. The Morgan fingerprint density at radius 3 is 2.35 bits per heavy atom. The van der Waals surface area contributed by atoms with Crippen molar-refractivity contribution in [1.29, 1.82) is 0 Å². The zero-order valence-corrected chi connectivity index (χ0v) is 12.3. The molecule has 1 aromatic carbocycles. The molecule has 1 aromatic rings. The number of rotatable bonds is 3. The van der Waals surface area contributed by atoms with Gasteiger partial charge in [0.2, 0.25) is 0 Å². The van der Waals surface area contributed by atoms with Crippen LogP contribution < -0.4 is 4.74 Å². The second-order valence-electron chi connectivity index (χ2n) is 3.86. The second-order valence-corrected chi connectivity index (χ2v) is 5.57. The van der Waals surface area contributed by atoms with Crippen molar-refractivity contribution in [2.75, 3.05) is 13.2 Å². The Bertz CT molecular complexity index is 391. The molecule has 0 aliphatic carbocycles. The van der Waals surface area contributed by atoms with Crippen molar-refractivity contribution in [2.45, 2.75) is 18.9 Å². The van der Waals surface area contributed by atoms with E-state index in [9.17, 15) is 4.79 Å². The van der Waals surface area contributed by atoms with Crippen molar-refractivity contribution in [2.24, 2.45) is 0 Å². The Kier molecular flexibility index (Phi) is 4.59. The maximum absolute atomic E-state index is 10.7. The Hall–Kier alpha value is -0.390. The first-order chi connectivity index (χ1) is 8.20. The molecular weight excluding hydrogens is 352 g/mol. The van der Waals surface area contributed by atoms with Crippen molar-refractivity contribution in [1.82, 2.24) is 0 Å². The van der Waals surface area contributed by atoms with Crippen LogP contribution in [0.3, 0.4) is 0 Å². The van der Waals surface area contributed by atoms with Crippen LogP contribution in [0.15, 0.2) is 21.1 Å². The first kappa shape index (κ1) is 13.1. The fraction of sp³-hybridized carbons (Fsp3) is 0.417. The molecule has 3 nitrogen and oxygen atoms in total. The largest absolute Gasteiger partial charge is 0.488 e. The molecule has 17 heavy (non-hydrogen) atoms. The average molecular weight is 364 g/mol. The highest BCUT2D eigenvalue weighted by molar-refractivity contribution is 9.11. The van der Waals surface area contributed by atoms with Gasteiger partial charge in [0.15, 0.2) is 0 Å². The van der Waals surface area contributed by atoms with Crippen LogP contribution in [-0.4, -0.2) is 25.6 Å². The molecule has 0 radical (unpaired) electrons. The van der Waals surface area contributed by atoms with E-state index in [1.807, 2.05) is 0 Å². The van der Waals surface area contributed by atoms with Gasteiger partial charge in [-0.3, -0.25) is 4.79 Å². The number of carbonyl (C=O) groups is 1. The van der Waals surface area contributed by atoms with E-state index in [1.54, 1.807) is 12.1 Å².